The lowest BCUT2D eigenvalue weighted by Crippen LogP contribution is -2.18. The van der Waals surface area contributed by atoms with E-state index in [1.165, 1.54) is 6.08 Å². The summed E-state index contributed by atoms with van der Waals surface area (Å²) in [5, 5.41) is 11.0. The summed E-state index contributed by atoms with van der Waals surface area (Å²) >= 11 is 0. The van der Waals surface area contributed by atoms with E-state index in [2.05, 4.69) is 95.2 Å². The molecule has 0 aliphatic heterocycles. The van der Waals surface area contributed by atoms with Gasteiger partial charge in [-0.2, -0.15) is 0 Å². The minimum absolute atomic E-state index is 0.00932. The van der Waals surface area contributed by atoms with Gasteiger partial charge in [-0.1, -0.05) is 95.2 Å². The number of ketones is 1. The molecule has 0 spiro atoms. The summed E-state index contributed by atoms with van der Waals surface area (Å²) in [6, 6.07) is 12.3. The molecule has 0 fully saturated rings. The molecule has 0 aliphatic rings. The van der Waals surface area contributed by atoms with Gasteiger partial charge in [-0.05, 0) is 68.2 Å². The highest BCUT2D eigenvalue weighted by molar-refractivity contribution is 6.08. The fourth-order valence-electron chi connectivity index (χ4n) is 3.57. The van der Waals surface area contributed by atoms with Gasteiger partial charge < -0.3 is 5.11 Å². The van der Waals surface area contributed by atoms with Crippen molar-refractivity contribution in [2.45, 2.75) is 105 Å². The van der Waals surface area contributed by atoms with Crippen LogP contribution in [0.4, 0.5) is 0 Å². The fourth-order valence-corrected chi connectivity index (χ4v) is 3.57. The average Bonchev–Trinajstić information content (AvgIpc) is 2.64. The number of hydrogen-bond acceptors (Lipinski definition) is 2. The lowest BCUT2D eigenvalue weighted by molar-refractivity contribution is 0.104. The van der Waals surface area contributed by atoms with Gasteiger partial charge in [0.1, 0.15) is 5.76 Å². The van der Waals surface area contributed by atoms with Gasteiger partial charge in [0, 0.05) is 17.2 Å². The van der Waals surface area contributed by atoms with Crippen LogP contribution in [0.1, 0.15) is 121 Å². The molecular weight excluding hydrogens is 404 g/mol. The monoisotopic (exact) mass is 448 g/mol. The molecular formula is C31H44O2. The van der Waals surface area contributed by atoms with Crippen LogP contribution in [0.25, 0.3) is 5.76 Å². The van der Waals surface area contributed by atoms with Gasteiger partial charge >= 0.3 is 0 Å². The summed E-state index contributed by atoms with van der Waals surface area (Å²) in [6.07, 6.45) is 1.38. The van der Waals surface area contributed by atoms with E-state index in [4.69, 9.17) is 0 Å². The van der Waals surface area contributed by atoms with Crippen LogP contribution in [0.2, 0.25) is 0 Å². The Morgan fingerprint density at radius 1 is 0.545 bits per heavy atom. The first-order valence-electron chi connectivity index (χ1n) is 12.0. The Hall–Kier alpha value is -2.35. The number of rotatable bonds is 3. The van der Waals surface area contributed by atoms with Crippen LogP contribution in [-0.2, 0) is 21.7 Å². The van der Waals surface area contributed by atoms with Crippen LogP contribution in [0.15, 0.2) is 42.5 Å². The highest BCUT2D eigenvalue weighted by Gasteiger charge is 2.24. The topological polar surface area (TPSA) is 37.3 Å². The molecule has 0 atom stereocenters. The van der Waals surface area contributed by atoms with Crippen molar-refractivity contribution >= 4 is 11.5 Å². The number of aliphatic hydroxyl groups excluding tert-OH is 1. The van der Waals surface area contributed by atoms with Crippen molar-refractivity contribution in [1.29, 1.82) is 0 Å². The van der Waals surface area contributed by atoms with Gasteiger partial charge in [0.05, 0.1) is 0 Å². The van der Waals surface area contributed by atoms with E-state index in [-0.39, 0.29) is 33.2 Å². The maximum absolute atomic E-state index is 13.3. The first-order chi connectivity index (χ1) is 14.7. The van der Waals surface area contributed by atoms with Crippen molar-refractivity contribution in [1.82, 2.24) is 0 Å². The number of hydrogen-bond donors (Lipinski definition) is 1. The standard InChI is InChI=1S/C31H44O2/c1-28(2,3)22-13-20(14-23(17-22)29(4,5)6)26(32)19-27(33)21-15-24(30(7,8)9)18-25(16-21)31(10,11)12/h13-19,32H,1-12H3/b26-19-. The van der Waals surface area contributed by atoms with Crippen LogP contribution >= 0.6 is 0 Å². The molecule has 0 heterocycles. The fraction of sp³-hybridized carbons (Fsp3) is 0.516. The lowest BCUT2D eigenvalue weighted by Gasteiger charge is -2.26. The first kappa shape index (κ1) is 26.9. The number of aliphatic hydroxyl groups is 1. The summed E-state index contributed by atoms with van der Waals surface area (Å²) < 4.78 is 0. The minimum Gasteiger partial charge on any atom is -0.507 e. The van der Waals surface area contributed by atoms with Gasteiger partial charge in [0.15, 0.2) is 5.78 Å². The normalized spacial score (nSPS) is 13.9. The van der Waals surface area contributed by atoms with Crippen LogP contribution in [0.5, 0.6) is 0 Å². The average molecular weight is 449 g/mol. The number of allylic oxidation sites excluding steroid dienone is 1. The minimum atomic E-state index is -0.178. The second-order valence-electron chi connectivity index (χ2n) is 13.5. The van der Waals surface area contributed by atoms with Gasteiger partial charge in [-0.3, -0.25) is 4.79 Å². The van der Waals surface area contributed by atoms with E-state index in [0.717, 1.165) is 22.3 Å². The molecule has 1 N–H and O–H groups in total. The van der Waals surface area contributed by atoms with Crippen LogP contribution in [0.3, 0.4) is 0 Å². The quantitative estimate of drug-likeness (QED) is 0.290. The van der Waals surface area contributed by atoms with Crippen molar-refractivity contribution in [3.63, 3.8) is 0 Å². The summed E-state index contributed by atoms with van der Waals surface area (Å²) in [5.74, 6) is -0.169. The Bertz CT molecular complexity index is 992. The summed E-state index contributed by atoms with van der Waals surface area (Å²) in [4.78, 5) is 13.3. The molecule has 180 valence electrons. The predicted molar refractivity (Wildman–Crippen MR) is 143 cm³/mol. The largest absolute Gasteiger partial charge is 0.507 e. The number of benzene rings is 2. The molecule has 33 heavy (non-hydrogen) atoms. The molecule has 2 aromatic rings. The van der Waals surface area contributed by atoms with Gasteiger partial charge in [-0.25, -0.2) is 0 Å². The number of carbonyl (C=O) groups is 1. The molecule has 0 saturated carbocycles. The third-order valence-corrected chi connectivity index (χ3v) is 6.18. The Morgan fingerprint density at radius 3 is 1.09 bits per heavy atom. The third kappa shape index (κ3) is 6.82. The maximum atomic E-state index is 13.3. The Morgan fingerprint density at radius 2 is 0.818 bits per heavy atom. The van der Waals surface area contributed by atoms with Gasteiger partial charge in [0.2, 0.25) is 0 Å². The van der Waals surface area contributed by atoms with Crippen LogP contribution in [-0.4, -0.2) is 10.9 Å². The first-order valence-corrected chi connectivity index (χ1v) is 12.0. The SMILES string of the molecule is CC(C)(C)c1cc(C(=O)/C=C(\O)c2cc(C(C)(C)C)cc(C(C)(C)C)c2)cc(C(C)(C)C)c1. The highest BCUT2D eigenvalue weighted by atomic mass is 16.3. The van der Waals surface area contributed by atoms with Gasteiger partial charge in [0.25, 0.3) is 0 Å². The molecule has 0 bridgehead atoms. The molecule has 0 aromatic heterocycles. The summed E-state index contributed by atoms with van der Waals surface area (Å²) in [7, 11) is 0. The van der Waals surface area contributed by atoms with E-state index >= 15 is 0 Å². The van der Waals surface area contributed by atoms with Crippen molar-refractivity contribution in [3.8, 4) is 0 Å². The van der Waals surface area contributed by atoms with E-state index in [0.29, 0.717) is 11.1 Å². The summed E-state index contributed by atoms with van der Waals surface area (Å²) in [6.45, 7) is 25.9. The molecule has 2 aromatic carbocycles. The van der Waals surface area contributed by atoms with Crippen molar-refractivity contribution in [3.05, 3.63) is 75.9 Å². The van der Waals surface area contributed by atoms with Crippen molar-refractivity contribution in [2.75, 3.05) is 0 Å². The molecule has 0 aliphatic carbocycles. The smallest absolute Gasteiger partial charge is 0.189 e. The van der Waals surface area contributed by atoms with Gasteiger partial charge in [-0.15, -0.1) is 0 Å². The second kappa shape index (κ2) is 8.78. The lowest BCUT2D eigenvalue weighted by atomic mass is 9.79. The highest BCUT2D eigenvalue weighted by Crippen LogP contribution is 2.33. The maximum Gasteiger partial charge on any atom is 0.189 e. The Labute approximate surface area is 202 Å². The van der Waals surface area contributed by atoms with Crippen molar-refractivity contribution in [2.24, 2.45) is 0 Å². The van der Waals surface area contributed by atoms with Crippen LogP contribution < -0.4 is 0 Å². The second-order valence-corrected chi connectivity index (χ2v) is 13.5. The number of carbonyl (C=O) groups excluding carboxylic acids is 1. The zero-order valence-electron chi connectivity index (χ0n) is 22.9. The zero-order valence-corrected chi connectivity index (χ0v) is 22.9. The molecule has 2 nitrogen and oxygen atoms in total. The van der Waals surface area contributed by atoms with E-state index in [1.807, 2.05) is 24.3 Å². The summed E-state index contributed by atoms with van der Waals surface area (Å²) in [5.41, 5.74) is 5.53. The van der Waals surface area contributed by atoms with E-state index in [9.17, 15) is 9.90 Å². The zero-order chi connectivity index (χ0) is 25.6. The molecule has 0 radical (unpaired) electrons. The predicted octanol–water partition coefficient (Wildman–Crippen LogP) is 8.66. The molecule has 0 unspecified atom stereocenters. The molecule has 0 amide bonds. The molecule has 2 rings (SSSR count). The Kier molecular flexibility index (Phi) is 7.16. The van der Waals surface area contributed by atoms with E-state index in [1.54, 1.807) is 0 Å². The molecule has 2 heteroatoms. The molecule has 0 saturated heterocycles. The van der Waals surface area contributed by atoms with Crippen molar-refractivity contribution < 1.29 is 9.90 Å². The van der Waals surface area contributed by atoms with Crippen LogP contribution in [0, 0.1) is 0 Å². The third-order valence-electron chi connectivity index (χ3n) is 6.18. The Balaban J connectivity index is 2.62. The van der Waals surface area contributed by atoms with E-state index < -0.39 is 0 Å².